The number of hydrogen-bond acceptors (Lipinski definition) is 3. The van der Waals surface area contributed by atoms with E-state index in [1.165, 1.54) is 0 Å². The first-order valence-electron chi connectivity index (χ1n) is 6.04. The van der Waals surface area contributed by atoms with Gasteiger partial charge in [-0.15, -0.1) is 0 Å². The van der Waals surface area contributed by atoms with Gasteiger partial charge >= 0.3 is 5.97 Å². The molecule has 1 saturated heterocycles. The zero-order valence-corrected chi connectivity index (χ0v) is 10.3. The number of benzene rings is 1. The third-order valence-corrected chi connectivity index (χ3v) is 3.25. The van der Waals surface area contributed by atoms with Gasteiger partial charge in [0.2, 0.25) is 0 Å². The van der Waals surface area contributed by atoms with Crippen molar-refractivity contribution in [3.05, 3.63) is 35.9 Å². The van der Waals surface area contributed by atoms with E-state index in [-0.39, 0.29) is 18.2 Å². The van der Waals surface area contributed by atoms with Gasteiger partial charge in [-0.25, -0.2) is 4.79 Å². The highest BCUT2D eigenvalue weighted by molar-refractivity contribution is 5.89. The van der Waals surface area contributed by atoms with Crippen LogP contribution in [0.2, 0.25) is 0 Å². The van der Waals surface area contributed by atoms with Crippen LogP contribution in [0.25, 0.3) is 0 Å². The van der Waals surface area contributed by atoms with Crippen molar-refractivity contribution in [3.63, 3.8) is 0 Å². The van der Waals surface area contributed by atoms with Crippen LogP contribution in [-0.4, -0.2) is 24.8 Å². The van der Waals surface area contributed by atoms with Gasteiger partial charge in [0.05, 0.1) is 17.8 Å². The maximum absolute atomic E-state index is 11.7. The highest BCUT2D eigenvalue weighted by atomic mass is 16.6. The molecule has 1 heterocycles. The number of esters is 1. The SMILES string of the molecule is CC1O[C@H](COC(=O)c2ccccc2)C[C@@H]1C. The molecule has 0 bridgehead atoms. The first-order valence-corrected chi connectivity index (χ1v) is 6.04. The maximum Gasteiger partial charge on any atom is 0.338 e. The second-order valence-corrected chi connectivity index (χ2v) is 4.64. The third-order valence-electron chi connectivity index (χ3n) is 3.25. The molecule has 3 nitrogen and oxygen atoms in total. The minimum atomic E-state index is -0.276. The zero-order valence-electron chi connectivity index (χ0n) is 10.3. The number of ether oxygens (including phenoxy) is 2. The largest absolute Gasteiger partial charge is 0.459 e. The molecule has 0 radical (unpaired) electrons. The van der Waals surface area contributed by atoms with E-state index in [9.17, 15) is 4.79 Å². The van der Waals surface area contributed by atoms with Gasteiger partial charge < -0.3 is 9.47 Å². The summed E-state index contributed by atoms with van der Waals surface area (Å²) in [6, 6.07) is 9.03. The van der Waals surface area contributed by atoms with Gasteiger partial charge in [0.25, 0.3) is 0 Å². The Morgan fingerprint density at radius 1 is 1.35 bits per heavy atom. The fourth-order valence-corrected chi connectivity index (χ4v) is 2.03. The molecule has 1 fully saturated rings. The van der Waals surface area contributed by atoms with Gasteiger partial charge in [0.1, 0.15) is 6.61 Å². The summed E-state index contributed by atoms with van der Waals surface area (Å²) in [6.45, 7) is 4.57. The molecule has 0 N–H and O–H groups in total. The predicted molar refractivity (Wildman–Crippen MR) is 64.8 cm³/mol. The van der Waals surface area contributed by atoms with E-state index in [4.69, 9.17) is 9.47 Å². The summed E-state index contributed by atoms with van der Waals surface area (Å²) < 4.78 is 10.9. The van der Waals surface area contributed by atoms with Gasteiger partial charge in [-0.1, -0.05) is 25.1 Å². The standard InChI is InChI=1S/C14H18O3/c1-10-8-13(17-11(10)2)9-16-14(15)12-6-4-3-5-7-12/h3-7,10-11,13H,8-9H2,1-2H3/t10-,11?,13-/m0/s1. The van der Waals surface area contributed by atoms with Crippen LogP contribution in [0.4, 0.5) is 0 Å². The Kier molecular flexibility index (Phi) is 3.79. The van der Waals surface area contributed by atoms with E-state index in [0.717, 1.165) is 6.42 Å². The number of hydrogen-bond donors (Lipinski definition) is 0. The minimum absolute atomic E-state index is 0.0488. The molecule has 3 atom stereocenters. The van der Waals surface area contributed by atoms with Crippen molar-refractivity contribution >= 4 is 5.97 Å². The molecule has 1 unspecified atom stereocenters. The second kappa shape index (κ2) is 5.32. The van der Waals surface area contributed by atoms with Crippen LogP contribution < -0.4 is 0 Å². The van der Waals surface area contributed by atoms with Crippen molar-refractivity contribution in [1.82, 2.24) is 0 Å². The fourth-order valence-electron chi connectivity index (χ4n) is 2.03. The van der Waals surface area contributed by atoms with Crippen LogP contribution in [0, 0.1) is 5.92 Å². The molecule has 0 spiro atoms. The summed E-state index contributed by atoms with van der Waals surface area (Å²) in [4.78, 5) is 11.7. The molecule has 1 aromatic carbocycles. The van der Waals surface area contributed by atoms with E-state index in [2.05, 4.69) is 13.8 Å². The molecule has 1 aliphatic heterocycles. The molecular formula is C14H18O3. The average Bonchev–Trinajstić information content (AvgIpc) is 2.67. The van der Waals surface area contributed by atoms with Crippen molar-refractivity contribution < 1.29 is 14.3 Å². The van der Waals surface area contributed by atoms with Gasteiger partial charge in [-0.2, -0.15) is 0 Å². The lowest BCUT2D eigenvalue weighted by molar-refractivity contribution is -0.00514. The quantitative estimate of drug-likeness (QED) is 0.754. The minimum Gasteiger partial charge on any atom is -0.459 e. The monoisotopic (exact) mass is 234 g/mol. The topological polar surface area (TPSA) is 35.5 Å². The predicted octanol–water partition coefficient (Wildman–Crippen LogP) is 2.66. The van der Waals surface area contributed by atoms with Crippen LogP contribution in [0.15, 0.2) is 30.3 Å². The van der Waals surface area contributed by atoms with Gasteiger partial charge in [0, 0.05) is 0 Å². The van der Waals surface area contributed by atoms with Crippen LogP contribution in [0.1, 0.15) is 30.6 Å². The molecule has 92 valence electrons. The van der Waals surface area contributed by atoms with Gasteiger partial charge in [-0.05, 0) is 31.4 Å². The van der Waals surface area contributed by atoms with Crippen molar-refractivity contribution in [2.75, 3.05) is 6.61 Å². The molecule has 0 aliphatic carbocycles. The first-order chi connectivity index (χ1) is 8.16. The third kappa shape index (κ3) is 3.07. The molecule has 3 heteroatoms. The van der Waals surface area contributed by atoms with Crippen molar-refractivity contribution in [1.29, 1.82) is 0 Å². The number of rotatable bonds is 3. The Morgan fingerprint density at radius 3 is 2.65 bits per heavy atom. The molecule has 1 aromatic rings. The Labute approximate surface area is 102 Å². The van der Waals surface area contributed by atoms with E-state index < -0.39 is 0 Å². The molecular weight excluding hydrogens is 216 g/mol. The van der Waals surface area contributed by atoms with Gasteiger partial charge in [0.15, 0.2) is 0 Å². The van der Waals surface area contributed by atoms with Crippen molar-refractivity contribution in [3.8, 4) is 0 Å². The van der Waals surface area contributed by atoms with Crippen molar-refractivity contribution in [2.24, 2.45) is 5.92 Å². The maximum atomic E-state index is 11.7. The second-order valence-electron chi connectivity index (χ2n) is 4.64. The van der Waals surface area contributed by atoms with Crippen molar-refractivity contribution in [2.45, 2.75) is 32.5 Å². The van der Waals surface area contributed by atoms with E-state index in [0.29, 0.717) is 18.1 Å². The average molecular weight is 234 g/mol. The Balaban J connectivity index is 1.81. The van der Waals surface area contributed by atoms with Crippen LogP contribution >= 0.6 is 0 Å². The Morgan fingerprint density at radius 2 is 2.06 bits per heavy atom. The summed E-state index contributed by atoms with van der Waals surface area (Å²) in [7, 11) is 0. The molecule has 0 amide bonds. The first kappa shape index (κ1) is 12.1. The molecule has 0 saturated carbocycles. The highest BCUT2D eigenvalue weighted by Gasteiger charge is 2.29. The lowest BCUT2D eigenvalue weighted by Gasteiger charge is -2.11. The van der Waals surface area contributed by atoms with Crippen LogP contribution in [0.3, 0.4) is 0 Å². The molecule has 2 rings (SSSR count). The van der Waals surface area contributed by atoms with E-state index in [1.807, 2.05) is 18.2 Å². The fraction of sp³-hybridized carbons (Fsp3) is 0.500. The number of carbonyl (C=O) groups excluding carboxylic acids is 1. The van der Waals surface area contributed by atoms with E-state index in [1.54, 1.807) is 12.1 Å². The summed E-state index contributed by atoms with van der Waals surface area (Å²) in [5.74, 6) is 0.261. The molecule has 1 aliphatic rings. The smallest absolute Gasteiger partial charge is 0.338 e. The summed E-state index contributed by atoms with van der Waals surface area (Å²) in [5.41, 5.74) is 0.589. The van der Waals surface area contributed by atoms with Gasteiger partial charge in [-0.3, -0.25) is 0 Å². The summed E-state index contributed by atoms with van der Waals surface area (Å²) in [5, 5.41) is 0. The summed E-state index contributed by atoms with van der Waals surface area (Å²) in [6.07, 6.45) is 1.27. The van der Waals surface area contributed by atoms with Crippen LogP contribution in [0.5, 0.6) is 0 Å². The van der Waals surface area contributed by atoms with Crippen LogP contribution in [-0.2, 0) is 9.47 Å². The Bertz CT molecular complexity index is 364. The number of carbonyl (C=O) groups is 1. The lowest BCUT2D eigenvalue weighted by atomic mass is 10.0. The molecule has 17 heavy (non-hydrogen) atoms. The summed E-state index contributed by atoms with van der Waals surface area (Å²) >= 11 is 0. The normalized spacial score (nSPS) is 28.0. The lowest BCUT2D eigenvalue weighted by Crippen LogP contribution is -2.19. The van der Waals surface area contributed by atoms with E-state index >= 15 is 0 Å². The highest BCUT2D eigenvalue weighted by Crippen LogP contribution is 2.25. The molecule has 0 aromatic heterocycles. The zero-order chi connectivity index (χ0) is 12.3. The Hall–Kier alpha value is -1.35.